The van der Waals surface area contributed by atoms with Crippen LogP contribution in [0.3, 0.4) is 0 Å². The van der Waals surface area contributed by atoms with Crippen molar-refractivity contribution in [3.63, 3.8) is 0 Å². The third-order valence-electron chi connectivity index (χ3n) is 3.00. The van der Waals surface area contributed by atoms with Gasteiger partial charge in [0, 0.05) is 30.6 Å². The van der Waals surface area contributed by atoms with Crippen molar-refractivity contribution in [2.45, 2.75) is 39.8 Å². The van der Waals surface area contributed by atoms with E-state index >= 15 is 0 Å². The summed E-state index contributed by atoms with van der Waals surface area (Å²) >= 11 is 0. The number of pyridine rings is 2. The molecule has 0 aliphatic rings. The van der Waals surface area contributed by atoms with Gasteiger partial charge < -0.3 is 19.9 Å². The molecular weight excluding hydrogens is 338 g/mol. The average Bonchev–Trinajstić information content (AvgIpc) is 2.51. The second-order valence-electron chi connectivity index (χ2n) is 6.59. The van der Waals surface area contributed by atoms with Crippen molar-refractivity contribution in [2.24, 2.45) is 0 Å². The number of aryl methyl sites for hydroxylation is 1. The molecule has 0 atom stereocenters. The lowest BCUT2D eigenvalue weighted by molar-refractivity contribution is 0.0522. The quantitative estimate of drug-likeness (QED) is 0.842. The molecular formula is C18H21N3O5. The predicted molar refractivity (Wildman–Crippen MR) is 93.3 cm³/mol. The summed E-state index contributed by atoms with van der Waals surface area (Å²) in [5.74, 6) is -0.551. The highest BCUT2D eigenvalue weighted by atomic mass is 16.6. The van der Waals surface area contributed by atoms with Crippen molar-refractivity contribution in [3.05, 3.63) is 47.4 Å². The van der Waals surface area contributed by atoms with Crippen LogP contribution >= 0.6 is 0 Å². The molecule has 8 nitrogen and oxygen atoms in total. The number of rotatable bonds is 5. The van der Waals surface area contributed by atoms with Crippen LogP contribution in [-0.4, -0.2) is 32.7 Å². The van der Waals surface area contributed by atoms with Crippen LogP contribution in [0, 0.1) is 6.92 Å². The van der Waals surface area contributed by atoms with Gasteiger partial charge >= 0.3 is 12.1 Å². The maximum atomic E-state index is 11.8. The van der Waals surface area contributed by atoms with E-state index in [4.69, 9.17) is 14.6 Å². The summed E-state index contributed by atoms with van der Waals surface area (Å²) in [7, 11) is 0. The van der Waals surface area contributed by atoms with Crippen molar-refractivity contribution in [3.8, 4) is 11.6 Å². The highest BCUT2D eigenvalue weighted by Gasteiger charge is 2.16. The minimum atomic E-state index is -1.14. The molecule has 0 saturated carbocycles. The Bertz CT molecular complexity index is 815. The van der Waals surface area contributed by atoms with Gasteiger partial charge in [-0.05, 0) is 45.4 Å². The molecule has 2 aromatic heterocycles. The molecule has 0 unspecified atom stereocenters. The van der Waals surface area contributed by atoms with Gasteiger partial charge in [-0.3, -0.25) is 0 Å². The lowest BCUT2D eigenvalue weighted by Gasteiger charge is -2.19. The second-order valence-corrected chi connectivity index (χ2v) is 6.59. The van der Waals surface area contributed by atoms with E-state index in [9.17, 15) is 9.59 Å². The molecule has 1 amide bonds. The number of ether oxygens (including phenoxy) is 2. The lowest BCUT2D eigenvalue weighted by Crippen LogP contribution is -2.32. The van der Waals surface area contributed by atoms with E-state index in [0.717, 1.165) is 5.56 Å². The van der Waals surface area contributed by atoms with Gasteiger partial charge in [-0.2, -0.15) is 0 Å². The highest BCUT2D eigenvalue weighted by molar-refractivity contribution is 5.85. The number of nitrogens with zero attached hydrogens (tertiary/aromatic N) is 2. The molecule has 0 fully saturated rings. The first-order valence-electron chi connectivity index (χ1n) is 7.94. The Morgan fingerprint density at radius 1 is 1.23 bits per heavy atom. The molecule has 2 aromatic rings. The van der Waals surface area contributed by atoms with E-state index in [1.54, 1.807) is 39.8 Å². The fourth-order valence-electron chi connectivity index (χ4n) is 2.06. The first-order chi connectivity index (χ1) is 12.1. The van der Waals surface area contributed by atoms with Gasteiger partial charge in [0.05, 0.1) is 0 Å². The highest BCUT2D eigenvalue weighted by Crippen LogP contribution is 2.21. The number of hydrogen-bond acceptors (Lipinski definition) is 6. The molecule has 0 aromatic carbocycles. The minimum Gasteiger partial charge on any atom is -0.477 e. The van der Waals surface area contributed by atoms with Gasteiger partial charge in [-0.25, -0.2) is 19.6 Å². The predicted octanol–water partition coefficient (Wildman–Crippen LogP) is 3.30. The summed E-state index contributed by atoms with van der Waals surface area (Å²) < 4.78 is 10.8. The summed E-state index contributed by atoms with van der Waals surface area (Å²) in [6.07, 6.45) is 0.828. The van der Waals surface area contributed by atoms with Crippen molar-refractivity contribution in [1.82, 2.24) is 15.3 Å². The van der Waals surface area contributed by atoms with Crippen LogP contribution in [0.4, 0.5) is 4.79 Å². The van der Waals surface area contributed by atoms with Crippen LogP contribution in [0.1, 0.15) is 42.5 Å². The molecule has 0 bridgehead atoms. The maximum Gasteiger partial charge on any atom is 0.407 e. The third-order valence-corrected chi connectivity index (χ3v) is 3.00. The Morgan fingerprint density at radius 2 is 1.96 bits per heavy atom. The number of hydrogen-bond donors (Lipinski definition) is 2. The SMILES string of the molecule is Cc1cc(CNC(=O)OC(C)(C)C)cc(Oc2ccnc(C(=O)O)c2)n1. The Kier molecular flexibility index (Phi) is 5.76. The number of amides is 1. The Hall–Kier alpha value is -3.16. The molecule has 138 valence electrons. The molecule has 2 rings (SSSR count). The van der Waals surface area contributed by atoms with E-state index < -0.39 is 17.7 Å². The van der Waals surface area contributed by atoms with Crippen LogP contribution in [0.25, 0.3) is 0 Å². The average molecular weight is 359 g/mol. The fraction of sp³-hybridized carbons (Fsp3) is 0.333. The monoisotopic (exact) mass is 359 g/mol. The van der Waals surface area contributed by atoms with Crippen LogP contribution in [-0.2, 0) is 11.3 Å². The molecule has 2 N–H and O–H groups in total. The van der Waals surface area contributed by atoms with Gasteiger partial charge in [0.25, 0.3) is 0 Å². The molecule has 0 radical (unpaired) electrons. The van der Waals surface area contributed by atoms with Gasteiger partial charge in [-0.15, -0.1) is 0 Å². The smallest absolute Gasteiger partial charge is 0.407 e. The topological polar surface area (TPSA) is 111 Å². The Balaban J connectivity index is 2.08. The van der Waals surface area contributed by atoms with Gasteiger partial charge in [0.1, 0.15) is 11.4 Å². The summed E-state index contributed by atoms with van der Waals surface area (Å²) in [6.45, 7) is 7.39. The number of aromatic nitrogens is 2. The Labute approximate surface area is 151 Å². The summed E-state index contributed by atoms with van der Waals surface area (Å²) in [6, 6.07) is 6.31. The van der Waals surface area contributed by atoms with Crippen LogP contribution < -0.4 is 10.1 Å². The van der Waals surface area contributed by atoms with E-state index in [1.807, 2.05) is 0 Å². The summed E-state index contributed by atoms with van der Waals surface area (Å²) in [5.41, 5.74) is 0.763. The molecule has 0 aliphatic heterocycles. The summed E-state index contributed by atoms with van der Waals surface area (Å²) in [5, 5.41) is 11.6. The van der Waals surface area contributed by atoms with Gasteiger partial charge in [0.2, 0.25) is 5.88 Å². The molecule has 0 aliphatic carbocycles. The molecule has 0 spiro atoms. The van der Waals surface area contributed by atoms with Crippen LogP contribution in [0.2, 0.25) is 0 Å². The van der Waals surface area contributed by atoms with Crippen molar-refractivity contribution >= 4 is 12.1 Å². The number of nitrogens with one attached hydrogen (secondary N) is 1. The fourth-order valence-corrected chi connectivity index (χ4v) is 2.06. The number of carboxylic acids is 1. The largest absolute Gasteiger partial charge is 0.477 e. The molecule has 8 heteroatoms. The zero-order valence-electron chi connectivity index (χ0n) is 15.1. The third kappa shape index (κ3) is 6.04. The number of carbonyl (C=O) groups excluding carboxylic acids is 1. The summed E-state index contributed by atoms with van der Waals surface area (Å²) in [4.78, 5) is 30.7. The molecule has 0 saturated heterocycles. The number of aromatic carboxylic acids is 1. The standard InChI is InChI=1S/C18H21N3O5/c1-11-7-12(10-20-17(24)26-18(2,3)4)8-15(21-11)25-13-5-6-19-14(9-13)16(22)23/h5-9H,10H2,1-4H3,(H,20,24)(H,22,23). The second kappa shape index (κ2) is 7.81. The maximum absolute atomic E-state index is 11.8. The van der Waals surface area contributed by atoms with Crippen molar-refractivity contribution in [1.29, 1.82) is 0 Å². The lowest BCUT2D eigenvalue weighted by atomic mass is 10.2. The van der Waals surface area contributed by atoms with Crippen molar-refractivity contribution < 1.29 is 24.2 Å². The minimum absolute atomic E-state index is 0.123. The van der Waals surface area contributed by atoms with Gasteiger partial charge in [-0.1, -0.05) is 0 Å². The number of alkyl carbamates (subject to hydrolysis) is 1. The first-order valence-corrected chi connectivity index (χ1v) is 7.94. The van der Waals surface area contributed by atoms with Crippen LogP contribution in [0.5, 0.6) is 11.6 Å². The first kappa shape index (κ1) is 19.2. The van der Waals surface area contributed by atoms with E-state index in [2.05, 4.69) is 15.3 Å². The zero-order valence-corrected chi connectivity index (χ0v) is 15.1. The molecule has 26 heavy (non-hydrogen) atoms. The molecule has 2 heterocycles. The van der Waals surface area contributed by atoms with Crippen molar-refractivity contribution in [2.75, 3.05) is 0 Å². The number of carboxylic acid groups (broad SMARTS) is 1. The Morgan fingerprint density at radius 3 is 2.62 bits per heavy atom. The van der Waals surface area contributed by atoms with E-state index in [0.29, 0.717) is 11.4 Å². The number of carbonyl (C=O) groups is 2. The van der Waals surface area contributed by atoms with Crippen LogP contribution in [0.15, 0.2) is 30.5 Å². The van der Waals surface area contributed by atoms with Gasteiger partial charge in [0.15, 0.2) is 5.69 Å². The van der Waals surface area contributed by atoms with E-state index in [1.165, 1.54) is 18.3 Å². The van der Waals surface area contributed by atoms with E-state index in [-0.39, 0.29) is 18.1 Å². The normalized spacial score (nSPS) is 10.9. The zero-order chi connectivity index (χ0) is 19.3.